The molecule has 1 amide bonds. The molecular formula is C19H22Cl2N2O4S. The van der Waals surface area contributed by atoms with Crippen molar-refractivity contribution in [2.75, 3.05) is 24.7 Å². The predicted octanol–water partition coefficient (Wildman–Crippen LogP) is 3.82. The second-order valence-corrected chi connectivity index (χ2v) is 9.08. The Morgan fingerprint density at radius 2 is 1.75 bits per heavy atom. The van der Waals surface area contributed by atoms with Crippen LogP contribution in [0.25, 0.3) is 0 Å². The second-order valence-electron chi connectivity index (χ2n) is 6.37. The maximum atomic E-state index is 12.9. The number of sulfonamides is 1. The first-order valence-electron chi connectivity index (χ1n) is 8.37. The van der Waals surface area contributed by atoms with Crippen LogP contribution in [0, 0.1) is 0 Å². The lowest BCUT2D eigenvalue weighted by atomic mass is 10.2. The number of benzene rings is 2. The standard InChI is InChI=1S/C19H22Cl2N2O4S/c1-13(19(24)22(2)12-14-5-8-16(27-3)9-6-14)23(28(4,25)26)18-11-15(20)7-10-17(18)21/h5-11,13H,12H2,1-4H3. The molecule has 0 saturated carbocycles. The van der Waals surface area contributed by atoms with E-state index in [4.69, 9.17) is 27.9 Å². The van der Waals surface area contributed by atoms with E-state index in [9.17, 15) is 13.2 Å². The molecule has 0 fully saturated rings. The van der Waals surface area contributed by atoms with Crippen LogP contribution in [0.5, 0.6) is 5.75 Å². The Morgan fingerprint density at radius 1 is 1.14 bits per heavy atom. The molecule has 0 aliphatic heterocycles. The Kier molecular flexibility index (Phi) is 7.20. The summed E-state index contributed by atoms with van der Waals surface area (Å²) < 4.78 is 31.0. The SMILES string of the molecule is COc1ccc(CN(C)C(=O)C(C)N(c2cc(Cl)ccc2Cl)S(C)(=O)=O)cc1. The van der Waals surface area contributed by atoms with Gasteiger partial charge in [0.1, 0.15) is 11.8 Å². The Hall–Kier alpha value is -1.96. The van der Waals surface area contributed by atoms with Gasteiger partial charge in [-0.2, -0.15) is 0 Å². The van der Waals surface area contributed by atoms with Gasteiger partial charge in [0.2, 0.25) is 15.9 Å². The van der Waals surface area contributed by atoms with Crippen LogP contribution in [0.4, 0.5) is 5.69 Å². The summed E-state index contributed by atoms with van der Waals surface area (Å²) in [6.07, 6.45) is 1.03. The van der Waals surface area contributed by atoms with Crippen molar-refractivity contribution in [1.82, 2.24) is 4.90 Å². The highest BCUT2D eigenvalue weighted by atomic mass is 35.5. The van der Waals surface area contributed by atoms with Gasteiger partial charge in [0.25, 0.3) is 0 Å². The number of hydrogen-bond acceptors (Lipinski definition) is 4. The van der Waals surface area contributed by atoms with Crippen molar-refractivity contribution < 1.29 is 17.9 Å². The molecule has 152 valence electrons. The molecule has 28 heavy (non-hydrogen) atoms. The van der Waals surface area contributed by atoms with E-state index in [1.54, 1.807) is 32.4 Å². The van der Waals surface area contributed by atoms with Crippen LogP contribution < -0.4 is 9.04 Å². The number of carbonyl (C=O) groups excluding carboxylic acids is 1. The highest BCUT2D eigenvalue weighted by molar-refractivity contribution is 7.92. The fraction of sp³-hybridized carbons (Fsp3) is 0.316. The fourth-order valence-electron chi connectivity index (χ4n) is 2.83. The zero-order valence-electron chi connectivity index (χ0n) is 16.0. The van der Waals surface area contributed by atoms with E-state index in [1.165, 1.54) is 24.0 Å². The topological polar surface area (TPSA) is 66.9 Å². The number of ether oxygens (including phenoxy) is 1. The first kappa shape index (κ1) is 22.3. The molecule has 2 rings (SSSR count). The molecule has 0 spiro atoms. The van der Waals surface area contributed by atoms with Crippen molar-refractivity contribution in [3.05, 3.63) is 58.1 Å². The Balaban J connectivity index is 2.28. The molecule has 0 saturated heterocycles. The molecule has 0 aliphatic carbocycles. The summed E-state index contributed by atoms with van der Waals surface area (Å²) in [4.78, 5) is 14.4. The van der Waals surface area contributed by atoms with Gasteiger partial charge >= 0.3 is 0 Å². The first-order valence-corrected chi connectivity index (χ1v) is 11.0. The molecule has 0 bridgehead atoms. The van der Waals surface area contributed by atoms with Crippen molar-refractivity contribution in [1.29, 1.82) is 0 Å². The molecule has 0 N–H and O–H groups in total. The van der Waals surface area contributed by atoms with E-state index in [2.05, 4.69) is 0 Å². The second kappa shape index (κ2) is 9.03. The number of methoxy groups -OCH3 is 1. The lowest BCUT2D eigenvalue weighted by molar-refractivity contribution is -0.131. The summed E-state index contributed by atoms with van der Waals surface area (Å²) in [5.74, 6) is 0.335. The van der Waals surface area contributed by atoms with Crippen LogP contribution in [0.2, 0.25) is 10.0 Å². The van der Waals surface area contributed by atoms with Crippen molar-refractivity contribution in [2.45, 2.75) is 19.5 Å². The molecule has 0 aliphatic rings. The van der Waals surface area contributed by atoms with Gasteiger partial charge in [-0.3, -0.25) is 9.10 Å². The zero-order chi connectivity index (χ0) is 21.1. The smallest absolute Gasteiger partial charge is 0.246 e. The Bertz CT molecular complexity index is 949. The molecule has 2 aromatic rings. The average Bonchev–Trinajstić information content (AvgIpc) is 2.63. The fourth-order valence-corrected chi connectivity index (χ4v) is 4.43. The van der Waals surface area contributed by atoms with Gasteiger partial charge in [-0.15, -0.1) is 0 Å². The number of carbonyl (C=O) groups is 1. The van der Waals surface area contributed by atoms with Crippen LogP contribution in [0.3, 0.4) is 0 Å². The zero-order valence-corrected chi connectivity index (χ0v) is 18.3. The van der Waals surface area contributed by atoms with Crippen molar-refractivity contribution in [3.63, 3.8) is 0 Å². The summed E-state index contributed by atoms with van der Waals surface area (Å²) in [5, 5.41) is 0.506. The summed E-state index contributed by atoms with van der Waals surface area (Å²) in [7, 11) is -0.600. The van der Waals surface area contributed by atoms with E-state index in [-0.39, 0.29) is 16.6 Å². The van der Waals surface area contributed by atoms with Gasteiger partial charge in [-0.1, -0.05) is 35.3 Å². The minimum absolute atomic E-state index is 0.162. The molecule has 1 atom stereocenters. The third-order valence-electron chi connectivity index (χ3n) is 4.17. The molecule has 2 aromatic carbocycles. The van der Waals surface area contributed by atoms with Gasteiger partial charge < -0.3 is 9.64 Å². The number of rotatable bonds is 7. The third-order valence-corrected chi connectivity index (χ3v) is 5.95. The molecule has 0 aromatic heterocycles. The molecular weight excluding hydrogens is 423 g/mol. The molecule has 9 heteroatoms. The Morgan fingerprint density at radius 3 is 2.29 bits per heavy atom. The molecule has 1 unspecified atom stereocenters. The van der Waals surface area contributed by atoms with Crippen LogP contribution >= 0.6 is 23.2 Å². The predicted molar refractivity (Wildman–Crippen MR) is 113 cm³/mol. The maximum Gasteiger partial charge on any atom is 0.246 e. The molecule has 0 radical (unpaired) electrons. The van der Waals surface area contributed by atoms with E-state index < -0.39 is 16.1 Å². The van der Waals surface area contributed by atoms with Crippen LogP contribution in [-0.2, 0) is 21.4 Å². The largest absolute Gasteiger partial charge is 0.497 e. The number of hydrogen-bond donors (Lipinski definition) is 0. The van der Waals surface area contributed by atoms with Crippen molar-refractivity contribution >= 4 is 44.8 Å². The third kappa shape index (κ3) is 5.31. The van der Waals surface area contributed by atoms with E-state index in [0.29, 0.717) is 17.3 Å². The number of anilines is 1. The summed E-state index contributed by atoms with van der Waals surface area (Å²) >= 11 is 12.2. The van der Waals surface area contributed by atoms with Crippen LogP contribution in [0.15, 0.2) is 42.5 Å². The number of likely N-dealkylation sites (N-methyl/N-ethyl adjacent to an activating group) is 1. The quantitative estimate of drug-likeness (QED) is 0.650. The van der Waals surface area contributed by atoms with Crippen molar-refractivity contribution in [2.24, 2.45) is 0 Å². The lowest BCUT2D eigenvalue weighted by Gasteiger charge is -2.31. The minimum Gasteiger partial charge on any atom is -0.497 e. The summed E-state index contributed by atoms with van der Waals surface area (Å²) in [6, 6.07) is 10.8. The van der Waals surface area contributed by atoms with Gasteiger partial charge in [-0.05, 0) is 42.8 Å². The number of amides is 1. The average molecular weight is 445 g/mol. The van der Waals surface area contributed by atoms with Crippen molar-refractivity contribution in [3.8, 4) is 5.75 Å². The number of nitrogens with zero attached hydrogens (tertiary/aromatic N) is 2. The normalized spacial score (nSPS) is 12.4. The Labute approximate surface area is 175 Å². The highest BCUT2D eigenvalue weighted by Gasteiger charge is 2.32. The van der Waals surface area contributed by atoms with Crippen LogP contribution in [0.1, 0.15) is 12.5 Å². The summed E-state index contributed by atoms with van der Waals surface area (Å²) in [6.45, 7) is 1.83. The minimum atomic E-state index is -3.79. The molecule has 0 heterocycles. The van der Waals surface area contributed by atoms with Gasteiger partial charge in [-0.25, -0.2) is 8.42 Å². The highest BCUT2D eigenvalue weighted by Crippen LogP contribution is 2.32. The van der Waals surface area contributed by atoms with E-state index >= 15 is 0 Å². The maximum absolute atomic E-state index is 12.9. The van der Waals surface area contributed by atoms with Gasteiger partial charge in [0.15, 0.2) is 0 Å². The van der Waals surface area contributed by atoms with Gasteiger partial charge in [0, 0.05) is 18.6 Å². The van der Waals surface area contributed by atoms with Crippen LogP contribution in [-0.4, -0.2) is 45.7 Å². The summed E-state index contributed by atoms with van der Waals surface area (Å²) in [5.41, 5.74) is 1.05. The van der Waals surface area contributed by atoms with Gasteiger partial charge in [0.05, 0.1) is 24.1 Å². The number of halogens is 2. The molecule has 6 nitrogen and oxygen atoms in total. The first-order chi connectivity index (χ1) is 13.0. The lowest BCUT2D eigenvalue weighted by Crippen LogP contribution is -2.48. The monoisotopic (exact) mass is 444 g/mol. The van der Waals surface area contributed by atoms with E-state index in [0.717, 1.165) is 16.1 Å². The van der Waals surface area contributed by atoms with E-state index in [1.807, 2.05) is 12.1 Å².